The topological polar surface area (TPSA) is 84.3 Å². The largest absolute Gasteiger partial charge is 0.321 e. The molecule has 1 N–H and O–H groups in total. The van der Waals surface area contributed by atoms with E-state index in [2.05, 4.69) is 19.9 Å². The van der Waals surface area contributed by atoms with Crippen LogP contribution in [0.1, 0.15) is 34.6 Å². The van der Waals surface area contributed by atoms with E-state index in [-0.39, 0.29) is 11.6 Å². The average Bonchev–Trinajstić information content (AvgIpc) is 3.01. The number of hydrogen-bond acceptors (Lipinski definition) is 5. The van der Waals surface area contributed by atoms with Crippen molar-refractivity contribution >= 4 is 21.3 Å². The second-order valence-corrected chi connectivity index (χ2v) is 8.51. The Kier molecular flexibility index (Phi) is 4.89. The fourth-order valence-electron chi connectivity index (χ4n) is 2.54. The van der Waals surface area contributed by atoms with E-state index in [1.165, 1.54) is 0 Å². The predicted octanol–water partition coefficient (Wildman–Crippen LogP) is 2.80. The highest BCUT2D eigenvalue weighted by Gasteiger charge is 2.15. The van der Waals surface area contributed by atoms with Gasteiger partial charge in [-0.25, -0.2) is 8.57 Å². The third-order valence-corrected chi connectivity index (χ3v) is 6.33. The molecule has 0 atom stereocenters. The molecule has 2 heterocycles. The van der Waals surface area contributed by atoms with Gasteiger partial charge in [0.1, 0.15) is 0 Å². The monoisotopic (exact) mass is 344 g/mol. The molecule has 1 aliphatic heterocycles. The standard InChI is InChI=1S/C17H20N4O2S/c1-13-7-8-16(21-20-13)17(22)19-15-6-4-5-14(11-15)12-18-24(23)9-2-3-10-24/h4-8,11H,2-3,9-10,12H2,1H3,(H,19,22). The van der Waals surface area contributed by atoms with Gasteiger partial charge in [-0.1, -0.05) is 12.1 Å². The van der Waals surface area contributed by atoms with Crippen LogP contribution in [0, 0.1) is 6.92 Å². The fraction of sp³-hybridized carbons (Fsp3) is 0.353. The summed E-state index contributed by atoms with van der Waals surface area (Å²) < 4.78 is 16.8. The molecular weight excluding hydrogens is 324 g/mol. The summed E-state index contributed by atoms with van der Waals surface area (Å²) in [6.45, 7) is 2.23. The molecule has 1 saturated heterocycles. The molecule has 1 fully saturated rings. The summed E-state index contributed by atoms with van der Waals surface area (Å²) in [6, 6.07) is 10.8. The van der Waals surface area contributed by atoms with Gasteiger partial charge in [0.25, 0.3) is 5.91 Å². The Balaban J connectivity index is 1.70. The van der Waals surface area contributed by atoms with Crippen molar-refractivity contribution in [2.45, 2.75) is 26.3 Å². The van der Waals surface area contributed by atoms with Gasteiger partial charge in [0.05, 0.1) is 12.2 Å². The van der Waals surface area contributed by atoms with Crippen molar-refractivity contribution in [2.24, 2.45) is 4.36 Å². The van der Waals surface area contributed by atoms with Gasteiger partial charge >= 0.3 is 0 Å². The van der Waals surface area contributed by atoms with Crippen LogP contribution in [0.4, 0.5) is 5.69 Å². The zero-order valence-electron chi connectivity index (χ0n) is 13.6. The molecular formula is C17H20N4O2S. The quantitative estimate of drug-likeness (QED) is 0.924. The van der Waals surface area contributed by atoms with E-state index in [1.54, 1.807) is 18.2 Å². The molecule has 2 aromatic rings. The zero-order valence-corrected chi connectivity index (χ0v) is 14.4. The van der Waals surface area contributed by atoms with Crippen molar-refractivity contribution in [3.63, 3.8) is 0 Å². The molecule has 0 radical (unpaired) electrons. The lowest BCUT2D eigenvalue weighted by atomic mass is 10.2. The molecule has 1 amide bonds. The maximum atomic E-state index is 12.4. The molecule has 3 rings (SSSR count). The molecule has 0 aliphatic carbocycles. The summed E-state index contributed by atoms with van der Waals surface area (Å²) in [5, 5.41) is 10.6. The first-order valence-corrected chi connectivity index (χ1v) is 9.78. The van der Waals surface area contributed by atoms with Crippen molar-refractivity contribution in [3.05, 3.63) is 53.3 Å². The molecule has 6 nitrogen and oxygen atoms in total. The molecule has 1 aliphatic rings. The Morgan fingerprint density at radius 2 is 2.00 bits per heavy atom. The Morgan fingerprint density at radius 1 is 1.21 bits per heavy atom. The van der Waals surface area contributed by atoms with Crippen LogP contribution in [-0.4, -0.2) is 31.8 Å². The van der Waals surface area contributed by atoms with Crippen LogP contribution in [0.25, 0.3) is 0 Å². The van der Waals surface area contributed by atoms with E-state index in [9.17, 15) is 9.00 Å². The number of aryl methyl sites for hydroxylation is 1. The first kappa shape index (κ1) is 16.6. The number of benzene rings is 1. The third-order valence-electron chi connectivity index (χ3n) is 3.87. The third kappa shape index (κ3) is 4.17. The lowest BCUT2D eigenvalue weighted by Gasteiger charge is -2.07. The number of carbonyl (C=O) groups excluding carboxylic acids is 1. The zero-order chi connectivity index (χ0) is 17.0. The molecule has 0 spiro atoms. The summed E-state index contributed by atoms with van der Waals surface area (Å²) in [6.07, 6.45) is 1.99. The Morgan fingerprint density at radius 3 is 2.71 bits per heavy atom. The van der Waals surface area contributed by atoms with Gasteiger partial charge in [-0.3, -0.25) is 4.79 Å². The number of rotatable bonds is 4. The van der Waals surface area contributed by atoms with E-state index < -0.39 is 9.73 Å². The Bertz CT molecular complexity index is 843. The maximum absolute atomic E-state index is 12.4. The van der Waals surface area contributed by atoms with E-state index in [1.807, 2.05) is 25.1 Å². The number of aromatic nitrogens is 2. The van der Waals surface area contributed by atoms with Gasteiger partial charge in [-0.15, -0.1) is 5.10 Å². The molecule has 0 unspecified atom stereocenters. The second-order valence-electron chi connectivity index (χ2n) is 5.89. The van der Waals surface area contributed by atoms with Crippen LogP contribution < -0.4 is 5.32 Å². The van der Waals surface area contributed by atoms with Crippen LogP contribution in [0.2, 0.25) is 0 Å². The summed E-state index contributed by atoms with van der Waals surface area (Å²) in [5.41, 5.74) is 2.62. The predicted molar refractivity (Wildman–Crippen MR) is 94.4 cm³/mol. The number of nitrogens with zero attached hydrogens (tertiary/aromatic N) is 3. The summed E-state index contributed by atoms with van der Waals surface area (Å²) in [4.78, 5) is 12.2. The van der Waals surface area contributed by atoms with Crippen LogP contribution in [0.3, 0.4) is 0 Å². The van der Waals surface area contributed by atoms with Gasteiger partial charge in [0, 0.05) is 26.9 Å². The van der Waals surface area contributed by atoms with E-state index in [4.69, 9.17) is 0 Å². The Hall–Kier alpha value is -2.28. The van der Waals surface area contributed by atoms with Crippen LogP contribution in [0.5, 0.6) is 0 Å². The summed E-state index contributed by atoms with van der Waals surface area (Å²) in [5.74, 6) is 1.10. The van der Waals surface area contributed by atoms with Crippen LogP contribution in [-0.2, 0) is 16.3 Å². The highest BCUT2D eigenvalue weighted by molar-refractivity contribution is 7.93. The number of nitrogens with one attached hydrogen (secondary N) is 1. The van der Waals surface area contributed by atoms with Gasteiger partial charge < -0.3 is 5.32 Å². The number of carbonyl (C=O) groups is 1. The molecule has 7 heteroatoms. The second kappa shape index (κ2) is 7.09. The van der Waals surface area contributed by atoms with Crippen molar-refractivity contribution < 1.29 is 9.00 Å². The number of anilines is 1. The van der Waals surface area contributed by atoms with Crippen molar-refractivity contribution in [1.82, 2.24) is 10.2 Å². The minimum Gasteiger partial charge on any atom is -0.321 e. The summed E-state index contributed by atoms with van der Waals surface area (Å²) in [7, 11) is -2.02. The normalized spacial score (nSPS) is 15.9. The Labute approximate surface area is 141 Å². The molecule has 1 aromatic carbocycles. The summed E-state index contributed by atoms with van der Waals surface area (Å²) >= 11 is 0. The first-order chi connectivity index (χ1) is 11.5. The highest BCUT2D eigenvalue weighted by Crippen LogP contribution is 2.17. The number of amides is 1. The van der Waals surface area contributed by atoms with E-state index in [0.717, 1.165) is 24.1 Å². The molecule has 126 valence electrons. The molecule has 0 bridgehead atoms. The van der Waals surface area contributed by atoms with Gasteiger partial charge in [0.15, 0.2) is 5.69 Å². The first-order valence-electron chi connectivity index (χ1n) is 7.93. The highest BCUT2D eigenvalue weighted by atomic mass is 32.2. The maximum Gasteiger partial charge on any atom is 0.276 e. The lowest BCUT2D eigenvalue weighted by molar-refractivity contribution is 0.102. The van der Waals surface area contributed by atoms with Gasteiger partial charge in [0.2, 0.25) is 0 Å². The SMILES string of the molecule is Cc1ccc(C(=O)Nc2cccc(CN=S3(=O)CCCC3)c2)nn1. The van der Waals surface area contributed by atoms with E-state index >= 15 is 0 Å². The lowest BCUT2D eigenvalue weighted by Crippen LogP contribution is -2.14. The van der Waals surface area contributed by atoms with E-state index in [0.29, 0.717) is 23.7 Å². The molecule has 0 saturated carbocycles. The minimum atomic E-state index is -2.02. The smallest absolute Gasteiger partial charge is 0.276 e. The van der Waals surface area contributed by atoms with Crippen molar-refractivity contribution in [3.8, 4) is 0 Å². The van der Waals surface area contributed by atoms with Gasteiger partial charge in [-0.2, -0.15) is 5.10 Å². The van der Waals surface area contributed by atoms with Crippen molar-refractivity contribution in [2.75, 3.05) is 16.8 Å². The van der Waals surface area contributed by atoms with Crippen molar-refractivity contribution in [1.29, 1.82) is 0 Å². The van der Waals surface area contributed by atoms with Crippen LogP contribution >= 0.6 is 0 Å². The molecule has 1 aromatic heterocycles. The minimum absolute atomic E-state index is 0.268. The average molecular weight is 344 g/mol. The number of hydrogen-bond donors (Lipinski definition) is 1. The molecule has 24 heavy (non-hydrogen) atoms. The van der Waals surface area contributed by atoms with Gasteiger partial charge in [-0.05, 0) is 49.6 Å². The van der Waals surface area contributed by atoms with Crippen LogP contribution in [0.15, 0.2) is 40.8 Å². The fourth-order valence-corrected chi connectivity index (χ4v) is 4.70.